The lowest BCUT2D eigenvalue weighted by Crippen LogP contribution is -2.53. The first-order chi connectivity index (χ1) is 9.33. The maximum Gasteiger partial charge on any atom is 0.412 e. The van der Waals surface area contributed by atoms with Crippen LogP contribution in [0.3, 0.4) is 0 Å². The number of hydrogen-bond donors (Lipinski definition) is 3. The van der Waals surface area contributed by atoms with Gasteiger partial charge in [0.25, 0.3) is 0 Å². The van der Waals surface area contributed by atoms with Gasteiger partial charge in [0.2, 0.25) is 0 Å². The topological polar surface area (TPSA) is 62.4 Å². The van der Waals surface area contributed by atoms with Crippen molar-refractivity contribution in [2.75, 3.05) is 6.54 Å². The van der Waals surface area contributed by atoms with E-state index in [0.717, 1.165) is 19.4 Å². The molecule has 3 rings (SSSR count). The van der Waals surface area contributed by atoms with E-state index < -0.39 is 0 Å². The van der Waals surface area contributed by atoms with Crippen molar-refractivity contribution in [3.63, 3.8) is 0 Å². The molecule has 5 nitrogen and oxygen atoms in total. The Morgan fingerprint density at radius 3 is 2.95 bits per heavy atom. The molecular formula is C14H19N3O2. The maximum atomic E-state index is 11.9. The summed E-state index contributed by atoms with van der Waals surface area (Å²) >= 11 is 0. The van der Waals surface area contributed by atoms with Crippen molar-refractivity contribution in [1.82, 2.24) is 16.2 Å². The quantitative estimate of drug-likeness (QED) is 0.753. The summed E-state index contributed by atoms with van der Waals surface area (Å²) in [6.07, 6.45) is 3.00. The predicted octanol–water partition coefficient (Wildman–Crippen LogP) is 1.42. The van der Waals surface area contributed by atoms with Crippen molar-refractivity contribution < 1.29 is 9.53 Å². The molecule has 0 radical (unpaired) electrons. The van der Waals surface area contributed by atoms with Gasteiger partial charge in [-0.3, -0.25) is 10.9 Å². The molecule has 3 atom stereocenters. The van der Waals surface area contributed by atoms with Crippen molar-refractivity contribution in [2.24, 2.45) is 5.92 Å². The summed E-state index contributed by atoms with van der Waals surface area (Å²) < 4.78 is 5.27. The number of carbonyl (C=O) groups is 1. The monoisotopic (exact) mass is 261 g/mol. The van der Waals surface area contributed by atoms with Crippen molar-refractivity contribution in [3.8, 4) is 5.75 Å². The van der Waals surface area contributed by atoms with E-state index in [2.05, 4.69) is 16.2 Å². The van der Waals surface area contributed by atoms with Crippen LogP contribution >= 0.6 is 0 Å². The van der Waals surface area contributed by atoms with Crippen LogP contribution in [0, 0.1) is 5.92 Å². The molecule has 0 spiro atoms. The van der Waals surface area contributed by atoms with E-state index >= 15 is 0 Å². The molecule has 1 aromatic carbocycles. The van der Waals surface area contributed by atoms with Gasteiger partial charge < -0.3 is 10.1 Å². The number of amides is 1. The first-order valence-corrected chi connectivity index (χ1v) is 6.85. The Morgan fingerprint density at radius 1 is 1.26 bits per heavy atom. The van der Waals surface area contributed by atoms with Crippen LogP contribution in [0.4, 0.5) is 4.79 Å². The lowest BCUT2D eigenvalue weighted by atomic mass is 9.82. The molecule has 2 aliphatic rings. The number of fused-ring (bicyclic) bond motifs is 1. The molecule has 5 heteroatoms. The first kappa shape index (κ1) is 12.4. The van der Waals surface area contributed by atoms with E-state index in [1.807, 2.05) is 18.2 Å². The van der Waals surface area contributed by atoms with E-state index in [9.17, 15) is 4.79 Å². The lowest BCUT2D eigenvalue weighted by molar-refractivity contribution is 0.181. The lowest BCUT2D eigenvalue weighted by Gasteiger charge is -2.32. The Morgan fingerprint density at radius 2 is 2.11 bits per heavy atom. The number of ether oxygens (including phenoxy) is 1. The van der Waals surface area contributed by atoms with E-state index in [4.69, 9.17) is 4.74 Å². The predicted molar refractivity (Wildman–Crippen MR) is 71.7 cm³/mol. The van der Waals surface area contributed by atoms with Gasteiger partial charge in [-0.2, -0.15) is 0 Å². The highest BCUT2D eigenvalue weighted by Gasteiger charge is 2.37. The largest absolute Gasteiger partial charge is 0.412 e. The average molecular weight is 261 g/mol. The number of carbonyl (C=O) groups excluding carboxylic acids is 1. The zero-order valence-electron chi connectivity index (χ0n) is 10.8. The highest BCUT2D eigenvalue weighted by Crippen LogP contribution is 2.26. The molecule has 1 aliphatic heterocycles. The Labute approximate surface area is 112 Å². The van der Waals surface area contributed by atoms with Crippen LogP contribution in [0.2, 0.25) is 0 Å². The second-order valence-electron chi connectivity index (χ2n) is 5.20. The van der Waals surface area contributed by atoms with Gasteiger partial charge in [0.15, 0.2) is 0 Å². The van der Waals surface area contributed by atoms with Gasteiger partial charge in [-0.25, -0.2) is 4.79 Å². The second-order valence-corrected chi connectivity index (χ2v) is 5.20. The van der Waals surface area contributed by atoms with Gasteiger partial charge in [0, 0.05) is 18.6 Å². The summed E-state index contributed by atoms with van der Waals surface area (Å²) in [7, 11) is 0. The van der Waals surface area contributed by atoms with E-state index in [1.54, 1.807) is 12.1 Å². The molecule has 1 saturated heterocycles. The third-order valence-electron chi connectivity index (χ3n) is 3.92. The second kappa shape index (κ2) is 5.59. The number of nitrogens with one attached hydrogen (secondary N) is 3. The fourth-order valence-corrected chi connectivity index (χ4v) is 2.98. The molecule has 1 heterocycles. The Balaban J connectivity index is 1.57. The van der Waals surface area contributed by atoms with E-state index in [-0.39, 0.29) is 12.1 Å². The standard InChI is InChI=1S/C14H19N3O2/c18-14(19-11-6-2-1-3-7-11)16-12-8-4-5-10-9-15-17-13(10)12/h1-3,6-7,10,12-13,15,17H,4-5,8-9H2,(H,16,18). The minimum absolute atomic E-state index is 0.143. The third-order valence-corrected chi connectivity index (χ3v) is 3.92. The Hall–Kier alpha value is -1.59. The van der Waals surface area contributed by atoms with Gasteiger partial charge >= 0.3 is 6.09 Å². The number of para-hydroxylation sites is 1. The number of hydrogen-bond acceptors (Lipinski definition) is 4. The minimum Gasteiger partial charge on any atom is -0.410 e. The summed E-state index contributed by atoms with van der Waals surface area (Å²) in [4.78, 5) is 11.9. The van der Waals surface area contributed by atoms with E-state index in [1.165, 1.54) is 6.42 Å². The average Bonchev–Trinajstić information content (AvgIpc) is 2.89. The molecule has 3 unspecified atom stereocenters. The molecule has 2 fully saturated rings. The fraction of sp³-hybridized carbons (Fsp3) is 0.500. The van der Waals surface area contributed by atoms with Crippen LogP contribution in [-0.4, -0.2) is 24.7 Å². The molecular weight excluding hydrogens is 242 g/mol. The summed E-state index contributed by atoms with van der Waals surface area (Å²) in [5.74, 6) is 1.18. The molecule has 1 saturated carbocycles. The van der Waals surface area contributed by atoms with Crippen LogP contribution in [0.1, 0.15) is 19.3 Å². The van der Waals surface area contributed by atoms with Gasteiger partial charge in [-0.1, -0.05) is 24.6 Å². The third kappa shape index (κ3) is 2.88. The molecule has 0 aromatic heterocycles. The molecule has 0 bridgehead atoms. The smallest absolute Gasteiger partial charge is 0.410 e. The number of rotatable bonds is 2. The fourth-order valence-electron chi connectivity index (χ4n) is 2.98. The van der Waals surface area contributed by atoms with Gasteiger partial charge in [0.05, 0.1) is 0 Å². The van der Waals surface area contributed by atoms with Gasteiger partial charge in [0.1, 0.15) is 5.75 Å². The van der Waals surface area contributed by atoms with Crippen LogP contribution < -0.4 is 20.9 Å². The summed E-state index contributed by atoms with van der Waals surface area (Å²) in [5.41, 5.74) is 6.43. The first-order valence-electron chi connectivity index (χ1n) is 6.85. The van der Waals surface area contributed by atoms with Crippen molar-refractivity contribution in [1.29, 1.82) is 0 Å². The van der Waals surface area contributed by atoms with Crippen molar-refractivity contribution >= 4 is 6.09 Å². The van der Waals surface area contributed by atoms with Gasteiger partial charge in [-0.05, 0) is 30.9 Å². The highest BCUT2D eigenvalue weighted by molar-refractivity contribution is 5.70. The van der Waals surface area contributed by atoms with Crippen molar-refractivity contribution in [3.05, 3.63) is 30.3 Å². The molecule has 19 heavy (non-hydrogen) atoms. The number of benzene rings is 1. The Bertz CT molecular complexity index is 438. The van der Waals surface area contributed by atoms with Crippen molar-refractivity contribution in [2.45, 2.75) is 31.3 Å². The normalized spacial score (nSPS) is 29.6. The molecule has 1 aromatic rings. The maximum absolute atomic E-state index is 11.9. The summed E-state index contributed by atoms with van der Waals surface area (Å²) in [6, 6.07) is 9.60. The SMILES string of the molecule is O=C(NC1CCCC2CNNC21)Oc1ccccc1. The molecule has 102 valence electrons. The highest BCUT2D eigenvalue weighted by atomic mass is 16.6. The molecule has 1 amide bonds. The van der Waals surface area contributed by atoms with Gasteiger partial charge in [-0.15, -0.1) is 0 Å². The summed E-state index contributed by atoms with van der Waals surface area (Å²) in [6.45, 7) is 0.983. The minimum atomic E-state index is -0.370. The van der Waals surface area contributed by atoms with Crippen LogP contribution in [0.15, 0.2) is 30.3 Å². The number of hydrazine groups is 1. The van der Waals surface area contributed by atoms with Crippen LogP contribution in [-0.2, 0) is 0 Å². The van der Waals surface area contributed by atoms with E-state index in [0.29, 0.717) is 17.7 Å². The van der Waals surface area contributed by atoms with Crippen LogP contribution in [0.25, 0.3) is 0 Å². The Kier molecular flexibility index (Phi) is 3.66. The molecule has 1 aliphatic carbocycles. The van der Waals surface area contributed by atoms with Crippen LogP contribution in [0.5, 0.6) is 5.75 Å². The zero-order chi connectivity index (χ0) is 13.1. The zero-order valence-corrected chi connectivity index (χ0v) is 10.8. The molecule has 3 N–H and O–H groups in total. The summed E-state index contributed by atoms with van der Waals surface area (Å²) in [5, 5.41) is 2.98.